The fraction of sp³-hybridized carbons (Fsp3) is 1.00. The Morgan fingerprint density at radius 2 is 1.94 bits per heavy atom. The van der Waals surface area contributed by atoms with E-state index in [1.54, 1.807) is 0 Å². The Morgan fingerprint density at radius 1 is 1.25 bits per heavy atom. The molecule has 0 aromatic rings. The van der Waals surface area contributed by atoms with E-state index >= 15 is 0 Å². The van der Waals surface area contributed by atoms with E-state index < -0.39 is 0 Å². The number of rotatable bonds is 5. The first-order valence-electron chi connectivity index (χ1n) is 7.02. The fourth-order valence-corrected chi connectivity index (χ4v) is 2.94. The molecule has 3 unspecified atom stereocenters. The lowest BCUT2D eigenvalue weighted by Crippen LogP contribution is -2.52. The molecule has 1 rings (SSSR count). The highest BCUT2D eigenvalue weighted by molar-refractivity contribution is 4.85. The summed E-state index contributed by atoms with van der Waals surface area (Å²) >= 11 is 0. The van der Waals surface area contributed by atoms with Crippen molar-refractivity contribution in [1.82, 2.24) is 4.90 Å². The van der Waals surface area contributed by atoms with E-state index in [4.69, 9.17) is 5.73 Å². The zero-order chi connectivity index (χ0) is 12.1. The maximum Gasteiger partial charge on any atom is 0.0246 e. The van der Waals surface area contributed by atoms with Crippen molar-refractivity contribution in [3.63, 3.8) is 0 Å². The summed E-state index contributed by atoms with van der Waals surface area (Å²) in [5.41, 5.74) is 5.94. The van der Waals surface area contributed by atoms with Crippen LogP contribution in [0.4, 0.5) is 0 Å². The van der Waals surface area contributed by atoms with E-state index in [0.717, 1.165) is 18.4 Å². The summed E-state index contributed by atoms with van der Waals surface area (Å²) < 4.78 is 0. The third-order valence-electron chi connectivity index (χ3n) is 4.13. The van der Waals surface area contributed by atoms with Gasteiger partial charge in [0, 0.05) is 18.6 Å². The summed E-state index contributed by atoms with van der Waals surface area (Å²) in [4.78, 5) is 2.66. The number of hydrogen-bond acceptors (Lipinski definition) is 2. The third kappa shape index (κ3) is 3.74. The van der Waals surface area contributed by atoms with Crippen molar-refractivity contribution in [3.8, 4) is 0 Å². The molecular formula is C14H30N2. The predicted octanol–water partition coefficient (Wildman–Crippen LogP) is 2.87. The molecule has 0 aromatic carbocycles. The van der Waals surface area contributed by atoms with E-state index in [1.165, 1.54) is 32.2 Å². The Morgan fingerprint density at radius 3 is 2.50 bits per heavy atom. The smallest absolute Gasteiger partial charge is 0.0246 e. The lowest BCUT2D eigenvalue weighted by atomic mass is 9.88. The van der Waals surface area contributed by atoms with Crippen LogP contribution < -0.4 is 5.73 Å². The van der Waals surface area contributed by atoms with Crippen molar-refractivity contribution >= 4 is 0 Å². The van der Waals surface area contributed by atoms with Gasteiger partial charge in [0.15, 0.2) is 0 Å². The standard InChI is InChI=1S/C14H30N2/c1-11(2)7-8-13(4)16-9-5-6-12(3)14(16)10-15/h11-14H,5-10,15H2,1-4H3. The average molecular weight is 226 g/mol. The minimum Gasteiger partial charge on any atom is -0.329 e. The van der Waals surface area contributed by atoms with Gasteiger partial charge in [-0.1, -0.05) is 20.8 Å². The maximum absolute atomic E-state index is 5.94. The van der Waals surface area contributed by atoms with Crippen LogP contribution in [-0.4, -0.2) is 30.1 Å². The molecule has 1 heterocycles. The SMILES string of the molecule is CC(C)CCC(C)N1CCCC(C)C1CN. The Labute approximate surface area is 102 Å². The quantitative estimate of drug-likeness (QED) is 0.781. The van der Waals surface area contributed by atoms with Crippen molar-refractivity contribution in [3.05, 3.63) is 0 Å². The summed E-state index contributed by atoms with van der Waals surface area (Å²) in [6.07, 6.45) is 5.36. The number of nitrogens with zero attached hydrogens (tertiary/aromatic N) is 1. The molecule has 0 radical (unpaired) electrons. The van der Waals surface area contributed by atoms with Crippen LogP contribution in [-0.2, 0) is 0 Å². The Kier molecular flexibility index (Phi) is 5.77. The molecule has 2 nitrogen and oxygen atoms in total. The number of piperidine rings is 1. The normalized spacial score (nSPS) is 29.6. The average Bonchev–Trinajstić information content (AvgIpc) is 2.25. The highest BCUT2D eigenvalue weighted by Crippen LogP contribution is 2.26. The molecule has 96 valence electrons. The summed E-state index contributed by atoms with van der Waals surface area (Å²) in [5, 5.41) is 0. The zero-order valence-corrected chi connectivity index (χ0v) is 11.6. The van der Waals surface area contributed by atoms with Gasteiger partial charge in [-0.15, -0.1) is 0 Å². The second-order valence-corrected chi connectivity index (χ2v) is 5.98. The van der Waals surface area contributed by atoms with Crippen molar-refractivity contribution in [2.24, 2.45) is 17.6 Å². The number of likely N-dealkylation sites (tertiary alicyclic amines) is 1. The molecule has 0 aliphatic carbocycles. The molecule has 0 bridgehead atoms. The summed E-state index contributed by atoms with van der Waals surface area (Å²) in [6, 6.07) is 1.33. The molecule has 3 atom stereocenters. The Balaban J connectivity index is 2.48. The van der Waals surface area contributed by atoms with E-state index in [2.05, 4.69) is 32.6 Å². The molecule has 1 saturated heterocycles. The first-order valence-corrected chi connectivity index (χ1v) is 7.02. The van der Waals surface area contributed by atoms with Gasteiger partial charge in [0.25, 0.3) is 0 Å². The van der Waals surface area contributed by atoms with Gasteiger partial charge in [0.2, 0.25) is 0 Å². The van der Waals surface area contributed by atoms with Gasteiger partial charge in [0.05, 0.1) is 0 Å². The Hall–Kier alpha value is -0.0800. The van der Waals surface area contributed by atoms with Gasteiger partial charge >= 0.3 is 0 Å². The van der Waals surface area contributed by atoms with Crippen LogP contribution in [0.5, 0.6) is 0 Å². The Bertz CT molecular complexity index is 191. The van der Waals surface area contributed by atoms with E-state index in [-0.39, 0.29) is 0 Å². The summed E-state index contributed by atoms with van der Waals surface area (Å²) in [5.74, 6) is 1.60. The molecule has 16 heavy (non-hydrogen) atoms. The largest absolute Gasteiger partial charge is 0.329 e. The van der Waals surface area contributed by atoms with Crippen molar-refractivity contribution in [2.45, 2.75) is 65.5 Å². The fourth-order valence-electron chi connectivity index (χ4n) is 2.94. The second-order valence-electron chi connectivity index (χ2n) is 5.98. The van der Waals surface area contributed by atoms with E-state index in [1.807, 2.05) is 0 Å². The van der Waals surface area contributed by atoms with Crippen LogP contribution in [0, 0.1) is 11.8 Å². The highest BCUT2D eigenvalue weighted by atomic mass is 15.2. The predicted molar refractivity (Wildman–Crippen MR) is 71.5 cm³/mol. The van der Waals surface area contributed by atoms with Crippen molar-refractivity contribution in [1.29, 1.82) is 0 Å². The first-order chi connectivity index (χ1) is 7.56. The molecule has 2 heteroatoms. The van der Waals surface area contributed by atoms with Gasteiger partial charge in [-0.3, -0.25) is 4.90 Å². The van der Waals surface area contributed by atoms with Gasteiger partial charge in [-0.2, -0.15) is 0 Å². The molecule has 0 amide bonds. The highest BCUT2D eigenvalue weighted by Gasteiger charge is 2.30. The third-order valence-corrected chi connectivity index (χ3v) is 4.13. The van der Waals surface area contributed by atoms with Crippen molar-refractivity contribution < 1.29 is 0 Å². The summed E-state index contributed by atoms with van der Waals surface area (Å²) in [7, 11) is 0. The molecule has 0 aromatic heterocycles. The van der Waals surface area contributed by atoms with E-state index in [0.29, 0.717) is 12.1 Å². The van der Waals surface area contributed by atoms with Gasteiger partial charge < -0.3 is 5.73 Å². The molecule has 1 aliphatic heterocycles. The molecule has 0 saturated carbocycles. The molecule has 1 fully saturated rings. The van der Waals surface area contributed by atoms with Gasteiger partial charge in [-0.25, -0.2) is 0 Å². The minimum atomic E-state index is 0.621. The maximum atomic E-state index is 5.94. The summed E-state index contributed by atoms with van der Waals surface area (Å²) in [6.45, 7) is 11.4. The van der Waals surface area contributed by atoms with Crippen LogP contribution in [0.15, 0.2) is 0 Å². The van der Waals surface area contributed by atoms with Gasteiger partial charge in [-0.05, 0) is 51.0 Å². The zero-order valence-electron chi connectivity index (χ0n) is 11.6. The molecule has 0 spiro atoms. The topological polar surface area (TPSA) is 29.3 Å². The van der Waals surface area contributed by atoms with Crippen LogP contribution in [0.25, 0.3) is 0 Å². The van der Waals surface area contributed by atoms with Crippen LogP contribution in [0.3, 0.4) is 0 Å². The first kappa shape index (κ1) is 14.0. The number of hydrogen-bond donors (Lipinski definition) is 1. The number of nitrogens with two attached hydrogens (primary N) is 1. The molecule has 1 aliphatic rings. The van der Waals surface area contributed by atoms with Crippen LogP contribution >= 0.6 is 0 Å². The lowest BCUT2D eigenvalue weighted by Gasteiger charge is -2.43. The second kappa shape index (κ2) is 6.61. The van der Waals surface area contributed by atoms with Gasteiger partial charge in [0.1, 0.15) is 0 Å². The molecule has 2 N–H and O–H groups in total. The lowest BCUT2D eigenvalue weighted by molar-refractivity contribution is 0.0634. The van der Waals surface area contributed by atoms with Crippen molar-refractivity contribution in [2.75, 3.05) is 13.1 Å². The monoisotopic (exact) mass is 226 g/mol. The van der Waals surface area contributed by atoms with E-state index in [9.17, 15) is 0 Å². The van der Waals surface area contributed by atoms with Crippen LogP contribution in [0.1, 0.15) is 53.4 Å². The minimum absolute atomic E-state index is 0.621. The molecular weight excluding hydrogens is 196 g/mol. The van der Waals surface area contributed by atoms with Crippen LogP contribution in [0.2, 0.25) is 0 Å².